The molecular weight excluding hydrogens is 234 g/mol. The van der Waals surface area contributed by atoms with Gasteiger partial charge >= 0.3 is 0 Å². The number of anilines is 2. The van der Waals surface area contributed by atoms with Crippen LogP contribution in [0.1, 0.15) is 0 Å². The molecule has 0 saturated heterocycles. The zero-order chi connectivity index (χ0) is 9.26. The van der Waals surface area contributed by atoms with Crippen molar-refractivity contribution in [3.05, 3.63) is 16.7 Å². The number of hydrogen-bond acceptors (Lipinski definition) is 4. The van der Waals surface area contributed by atoms with Crippen molar-refractivity contribution in [3.8, 4) is 0 Å². The standard InChI is InChI=1S/C8H10BrN3O/c9-5-1-7-8(11-2-5)12-4-6(13)3-10-7/h1-2,6,10,13H,3-4H2,(H,11,12)/t6-/m0/s1. The average molecular weight is 244 g/mol. The molecule has 2 rings (SSSR count). The van der Waals surface area contributed by atoms with Gasteiger partial charge in [0.25, 0.3) is 0 Å². The van der Waals surface area contributed by atoms with Crippen LogP contribution in [0.15, 0.2) is 16.7 Å². The lowest BCUT2D eigenvalue weighted by Crippen LogP contribution is -2.23. The normalized spacial score (nSPS) is 20.9. The highest BCUT2D eigenvalue weighted by molar-refractivity contribution is 9.10. The minimum Gasteiger partial charge on any atom is -0.389 e. The topological polar surface area (TPSA) is 57.2 Å². The fourth-order valence-electron chi connectivity index (χ4n) is 1.23. The van der Waals surface area contributed by atoms with Crippen LogP contribution in [0.4, 0.5) is 11.5 Å². The van der Waals surface area contributed by atoms with E-state index in [1.54, 1.807) is 6.20 Å². The SMILES string of the molecule is O[C@H]1CNc2cc(Br)cnc2NC1. The molecule has 1 aliphatic heterocycles. The number of nitrogens with zero attached hydrogens (tertiary/aromatic N) is 1. The Morgan fingerprint density at radius 2 is 2.23 bits per heavy atom. The monoisotopic (exact) mass is 243 g/mol. The van der Waals surface area contributed by atoms with Gasteiger partial charge in [-0.1, -0.05) is 0 Å². The molecule has 5 heteroatoms. The third kappa shape index (κ3) is 1.92. The van der Waals surface area contributed by atoms with Crippen molar-refractivity contribution < 1.29 is 5.11 Å². The maximum Gasteiger partial charge on any atom is 0.149 e. The second-order valence-electron chi connectivity index (χ2n) is 2.97. The van der Waals surface area contributed by atoms with Crippen LogP contribution < -0.4 is 10.6 Å². The lowest BCUT2D eigenvalue weighted by Gasteiger charge is -2.06. The molecule has 1 atom stereocenters. The van der Waals surface area contributed by atoms with Crippen LogP contribution in [0.2, 0.25) is 0 Å². The van der Waals surface area contributed by atoms with Gasteiger partial charge in [-0.15, -0.1) is 0 Å². The number of β-amino-alcohol motifs (C(OH)–C–C–N with tert-alkyl or cyclic N) is 1. The number of fused-ring (bicyclic) bond motifs is 1. The molecule has 1 aromatic heterocycles. The van der Waals surface area contributed by atoms with Gasteiger partial charge in [-0.05, 0) is 22.0 Å². The highest BCUT2D eigenvalue weighted by Crippen LogP contribution is 2.24. The van der Waals surface area contributed by atoms with E-state index in [2.05, 4.69) is 31.5 Å². The van der Waals surface area contributed by atoms with Crippen molar-refractivity contribution in [2.45, 2.75) is 6.10 Å². The van der Waals surface area contributed by atoms with Crippen LogP contribution in [-0.2, 0) is 0 Å². The molecule has 0 spiro atoms. The number of aliphatic hydroxyl groups is 1. The molecule has 1 aliphatic rings. The molecule has 0 aromatic carbocycles. The number of hydrogen-bond donors (Lipinski definition) is 3. The summed E-state index contributed by atoms with van der Waals surface area (Å²) < 4.78 is 0.928. The first-order valence-corrected chi connectivity index (χ1v) is 4.86. The quantitative estimate of drug-likeness (QED) is 0.638. The van der Waals surface area contributed by atoms with Gasteiger partial charge in [-0.3, -0.25) is 0 Å². The summed E-state index contributed by atoms with van der Waals surface area (Å²) in [4.78, 5) is 4.18. The molecule has 0 bridgehead atoms. The summed E-state index contributed by atoms with van der Waals surface area (Å²) in [6, 6.07) is 1.94. The summed E-state index contributed by atoms with van der Waals surface area (Å²) in [6.07, 6.45) is 1.36. The zero-order valence-corrected chi connectivity index (χ0v) is 8.50. The Labute approximate surface area is 84.5 Å². The molecule has 2 heterocycles. The van der Waals surface area contributed by atoms with E-state index in [1.165, 1.54) is 0 Å². The largest absolute Gasteiger partial charge is 0.389 e. The molecule has 0 amide bonds. The van der Waals surface area contributed by atoms with E-state index in [4.69, 9.17) is 0 Å². The average Bonchev–Trinajstić information content (AvgIpc) is 2.29. The summed E-state index contributed by atoms with van der Waals surface area (Å²) in [5.41, 5.74) is 0.922. The smallest absolute Gasteiger partial charge is 0.149 e. The Morgan fingerprint density at radius 3 is 3.08 bits per heavy atom. The number of pyridine rings is 1. The minimum atomic E-state index is -0.368. The van der Waals surface area contributed by atoms with Gasteiger partial charge in [-0.2, -0.15) is 0 Å². The molecule has 0 unspecified atom stereocenters. The highest BCUT2D eigenvalue weighted by Gasteiger charge is 2.13. The molecule has 1 aromatic rings. The first-order chi connectivity index (χ1) is 6.25. The fourth-order valence-corrected chi connectivity index (χ4v) is 1.56. The van der Waals surface area contributed by atoms with Gasteiger partial charge in [-0.25, -0.2) is 4.98 Å². The fraction of sp³-hybridized carbons (Fsp3) is 0.375. The maximum atomic E-state index is 9.37. The van der Waals surface area contributed by atoms with Gasteiger partial charge in [0.15, 0.2) is 0 Å². The number of aromatic nitrogens is 1. The van der Waals surface area contributed by atoms with E-state index in [9.17, 15) is 5.11 Å². The second-order valence-corrected chi connectivity index (χ2v) is 3.88. The molecule has 0 saturated carbocycles. The summed E-state index contributed by atoms with van der Waals surface area (Å²) >= 11 is 3.34. The Morgan fingerprint density at radius 1 is 1.46 bits per heavy atom. The number of nitrogens with one attached hydrogen (secondary N) is 2. The van der Waals surface area contributed by atoms with Crippen LogP contribution in [0.3, 0.4) is 0 Å². The van der Waals surface area contributed by atoms with Crippen LogP contribution >= 0.6 is 15.9 Å². The van der Waals surface area contributed by atoms with Crippen LogP contribution in [0.25, 0.3) is 0 Å². The van der Waals surface area contributed by atoms with Crippen LogP contribution in [0, 0.1) is 0 Å². The van der Waals surface area contributed by atoms with Gasteiger partial charge in [0.2, 0.25) is 0 Å². The van der Waals surface area contributed by atoms with Gasteiger partial charge in [0, 0.05) is 23.8 Å². The van der Waals surface area contributed by atoms with Crippen molar-refractivity contribution in [2.24, 2.45) is 0 Å². The molecule has 70 valence electrons. The predicted molar refractivity (Wildman–Crippen MR) is 54.9 cm³/mol. The Bertz CT molecular complexity index is 318. The zero-order valence-electron chi connectivity index (χ0n) is 6.92. The van der Waals surface area contributed by atoms with Crippen molar-refractivity contribution in [1.82, 2.24) is 4.98 Å². The highest BCUT2D eigenvalue weighted by atomic mass is 79.9. The van der Waals surface area contributed by atoms with Crippen molar-refractivity contribution >= 4 is 27.4 Å². The van der Waals surface area contributed by atoms with E-state index < -0.39 is 0 Å². The van der Waals surface area contributed by atoms with Crippen molar-refractivity contribution in [3.63, 3.8) is 0 Å². The summed E-state index contributed by atoms with van der Waals surface area (Å²) in [7, 11) is 0. The Hall–Kier alpha value is -0.810. The molecule has 13 heavy (non-hydrogen) atoms. The molecule has 0 radical (unpaired) electrons. The van der Waals surface area contributed by atoms with Crippen LogP contribution in [-0.4, -0.2) is 29.3 Å². The molecule has 0 aliphatic carbocycles. The predicted octanol–water partition coefficient (Wildman–Crippen LogP) is 1.04. The van der Waals surface area contributed by atoms with Crippen LogP contribution in [0.5, 0.6) is 0 Å². The molecule has 4 nitrogen and oxygen atoms in total. The van der Waals surface area contributed by atoms with Crippen molar-refractivity contribution in [1.29, 1.82) is 0 Å². The van der Waals surface area contributed by atoms with E-state index in [0.29, 0.717) is 13.1 Å². The molecule has 0 fully saturated rings. The number of halogens is 1. The van der Waals surface area contributed by atoms with Gasteiger partial charge < -0.3 is 15.7 Å². The summed E-state index contributed by atoms with van der Waals surface area (Å²) in [5.74, 6) is 0.791. The first kappa shape index (κ1) is 8.77. The second kappa shape index (κ2) is 3.51. The minimum absolute atomic E-state index is 0.368. The lowest BCUT2D eigenvalue weighted by atomic mass is 10.3. The molecular formula is C8H10BrN3O. The summed E-state index contributed by atoms with van der Waals surface area (Å²) in [5, 5.41) is 15.5. The molecule has 3 N–H and O–H groups in total. The summed E-state index contributed by atoms with van der Waals surface area (Å²) in [6.45, 7) is 1.09. The van der Waals surface area contributed by atoms with E-state index in [1.807, 2.05) is 6.07 Å². The van der Waals surface area contributed by atoms with E-state index in [-0.39, 0.29) is 6.10 Å². The Balaban J connectivity index is 2.30. The van der Waals surface area contributed by atoms with E-state index >= 15 is 0 Å². The Kier molecular flexibility index (Phi) is 2.37. The maximum absolute atomic E-state index is 9.37. The van der Waals surface area contributed by atoms with Gasteiger partial charge in [0.1, 0.15) is 5.82 Å². The first-order valence-electron chi connectivity index (χ1n) is 4.07. The number of aliphatic hydroxyl groups excluding tert-OH is 1. The lowest BCUT2D eigenvalue weighted by molar-refractivity contribution is 0.202. The van der Waals surface area contributed by atoms with E-state index in [0.717, 1.165) is 16.0 Å². The third-order valence-corrected chi connectivity index (χ3v) is 2.32. The van der Waals surface area contributed by atoms with Crippen molar-refractivity contribution in [2.75, 3.05) is 23.7 Å². The van der Waals surface area contributed by atoms with Gasteiger partial charge in [0.05, 0.1) is 11.8 Å². The number of rotatable bonds is 0. The third-order valence-electron chi connectivity index (χ3n) is 1.89.